The molecule has 0 N–H and O–H groups in total. The van der Waals surface area contributed by atoms with Crippen molar-refractivity contribution in [1.29, 1.82) is 0 Å². The fraction of sp³-hybridized carbons (Fsp3) is 0.944. The fourth-order valence-corrected chi connectivity index (χ4v) is 5.12. The average Bonchev–Trinajstić information content (AvgIpc) is 3.06. The second kappa shape index (κ2) is 5.06. The van der Waals surface area contributed by atoms with Crippen molar-refractivity contribution in [1.82, 2.24) is 4.90 Å². The predicted molar refractivity (Wildman–Crippen MR) is 84.4 cm³/mol. The highest BCUT2D eigenvalue weighted by Gasteiger charge is 2.56. The number of hydrogen-bond donors (Lipinski definition) is 0. The van der Waals surface area contributed by atoms with E-state index < -0.39 is 0 Å². The van der Waals surface area contributed by atoms with Crippen LogP contribution in [0.25, 0.3) is 0 Å². The minimum absolute atomic E-state index is 0.0474. The van der Waals surface area contributed by atoms with Crippen LogP contribution in [0, 0.1) is 5.92 Å². The maximum Gasteiger partial charge on any atom is 0.159 e. The molecule has 1 atom stereocenters. The molecule has 3 heteroatoms. The summed E-state index contributed by atoms with van der Waals surface area (Å²) in [5.41, 5.74) is -0.660. The Kier molecular flexibility index (Phi) is 3.73. The number of carbonyl (C=O) groups is 1. The highest BCUT2D eigenvalue weighted by Crippen LogP contribution is 2.48. The number of ether oxygens (including phenoxy) is 1. The van der Waals surface area contributed by atoms with E-state index in [1.54, 1.807) is 0 Å². The summed E-state index contributed by atoms with van der Waals surface area (Å²) in [6.45, 7) is 10.7. The molecule has 0 spiro atoms. The summed E-state index contributed by atoms with van der Waals surface area (Å²) >= 11 is 0. The molecular formula is C18H31NO2. The van der Waals surface area contributed by atoms with Gasteiger partial charge in [0.05, 0.1) is 22.7 Å². The third kappa shape index (κ3) is 2.57. The van der Waals surface area contributed by atoms with Crippen LogP contribution in [0.2, 0.25) is 0 Å². The van der Waals surface area contributed by atoms with Crippen LogP contribution in [0.5, 0.6) is 0 Å². The van der Waals surface area contributed by atoms with E-state index in [0.717, 1.165) is 32.4 Å². The normalized spacial score (nSPS) is 34.4. The maximum absolute atomic E-state index is 13.5. The molecule has 21 heavy (non-hydrogen) atoms. The topological polar surface area (TPSA) is 29.5 Å². The Hall–Kier alpha value is -0.410. The lowest BCUT2D eigenvalue weighted by Crippen LogP contribution is -2.56. The molecular weight excluding hydrogens is 262 g/mol. The summed E-state index contributed by atoms with van der Waals surface area (Å²) in [7, 11) is 0. The van der Waals surface area contributed by atoms with Crippen molar-refractivity contribution in [3.63, 3.8) is 0 Å². The summed E-state index contributed by atoms with van der Waals surface area (Å²) in [5.74, 6) is 0.531. The standard InChI is InChI=1S/C18H31NO2/c1-16(2)13-14(17(3,4)21-16)15(20)18(9-5-6-10-18)19-11-7-8-12-19/h14H,5-13H2,1-4H3. The van der Waals surface area contributed by atoms with E-state index in [0.29, 0.717) is 5.78 Å². The molecule has 1 aliphatic carbocycles. The van der Waals surface area contributed by atoms with Gasteiger partial charge in [0.15, 0.2) is 5.78 Å². The first-order chi connectivity index (χ1) is 9.77. The van der Waals surface area contributed by atoms with Crippen LogP contribution < -0.4 is 0 Å². The Bertz CT molecular complexity index is 415. The van der Waals surface area contributed by atoms with Gasteiger partial charge in [-0.15, -0.1) is 0 Å². The zero-order valence-corrected chi connectivity index (χ0v) is 14.2. The SMILES string of the molecule is CC1(C)CC(C(=O)C2(N3CCCC3)CCCC2)C(C)(C)O1. The Balaban J connectivity index is 1.88. The molecule has 0 aromatic carbocycles. The summed E-state index contributed by atoms with van der Waals surface area (Å²) < 4.78 is 6.20. The van der Waals surface area contributed by atoms with Crippen LogP contribution in [0.4, 0.5) is 0 Å². The highest BCUT2D eigenvalue weighted by atomic mass is 16.5. The molecule has 0 aromatic rings. The third-order valence-corrected chi connectivity index (χ3v) is 5.99. The van der Waals surface area contributed by atoms with Crippen LogP contribution >= 0.6 is 0 Å². The van der Waals surface area contributed by atoms with Gasteiger partial charge in [0.25, 0.3) is 0 Å². The second-order valence-corrected chi connectivity index (χ2v) is 8.52. The van der Waals surface area contributed by atoms with Crippen molar-refractivity contribution in [2.45, 2.75) is 89.4 Å². The van der Waals surface area contributed by atoms with E-state index in [2.05, 4.69) is 32.6 Å². The smallest absolute Gasteiger partial charge is 0.159 e. The molecule has 3 fully saturated rings. The second-order valence-electron chi connectivity index (χ2n) is 8.52. The Morgan fingerprint density at radius 1 is 1.00 bits per heavy atom. The molecule has 2 saturated heterocycles. The van der Waals surface area contributed by atoms with E-state index in [-0.39, 0.29) is 22.7 Å². The van der Waals surface area contributed by atoms with Crippen LogP contribution in [0.1, 0.15) is 72.6 Å². The van der Waals surface area contributed by atoms with Crippen molar-refractivity contribution >= 4 is 5.78 Å². The first kappa shape index (κ1) is 15.5. The number of hydrogen-bond acceptors (Lipinski definition) is 3. The van der Waals surface area contributed by atoms with Crippen molar-refractivity contribution < 1.29 is 9.53 Å². The number of Topliss-reactive ketones (excluding diaryl/α,β-unsaturated/α-hetero) is 1. The molecule has 120 valence electrons. The lowest BCUT2D eigenvalue weighted by molar-refractivity contribution is -0.141. The molecule has 3 rings (SSSR count). The van der Waals surface area contributed by atoms with Crippen molar-refractivity contribution in [3.8, 4) is 0 Å². The molecule has 1 unspecified atom stereocenters. The van der Waals surface area contributed by atoms with E-state index in [1.165, 1.54) is 25.7 Å². The number of likely N-dealkylation sites (tertiary alicyclic amines) is 1. The molecule has 2 aliphatic heterocycles. The van der Waals surface area contributed by atoms with Gasteiger partial charge in [0, 0.05) is 0 Å². The quantitative estimate of drug-likeness (QED) is 0.797. The lowest BCUT2D eigenvalue weighted by Gasteiger charge is -2.41. The molecule has 0 amide bonds. The van der Waals surface area contributed by atoms with Gasteiger partial charge in [-0.1, -0.05) is 12.8 Å². The molecule has 0 bridgehead atoms. The number of rotatable bonds is 3. The minimum Gasteiger partial charge on any atom is -0.369 e. The zero-order chi connectivity index (χ0) is 15.3. The van der Waals surface area contributed by atoms with Gasteiger partial charge in [-0.25, -0.2) is 0 Å². The fourth-order valence-electron chi connectivity index (χ4n) is 5.12. The predicted octanol–water partition coefficient (Wildman–Crippen LogP) is 3.56. The Labute approximate surface area is 129 Å². The lowest BCUT2D eigenvalue weighted by atomic mass is 9.74. The van der Waals surface area contributed by atoms with Crippen LogP contribution in [0.15, 0.2) is 0 Å². The summed E-state index contributed by atoms with van der Waals surface area (Å²) in [6, 6.07) is 0. The van der Waals surface area contributed by atoms with Crippen molar-refractivity contribution in [2.24, 2.45) is 5.92 Å². The van der Waals surface area contributed by atoms with Crippen molar-refractivity contribution in [3.05, 3.63) is 0 Å². The van der Waals surface area contributed by atoms with E-state index in [4.69, 9.17) is 4.74 Å². The number of ketones is 1. The molecule has 3 nitrogen and oxygen atoms in total. The van der Waals surface area contributed by atoms with Gasteiger partial charge in [-0.2, -0.15) is 0 Å². The molecule has 0 aromatic heterocycles. The van der Waals surface area contributed by atoms with Gasteiger partial charge in [0.2, 0.25) is 0 Å². The average molecular weight is 293 g/mol. The molecule has 2 heterocycles. The summed E-state index contributed by atoms with van der Waals surface area (Å²) in [5, 5.41) is 0. The first-order valence-corrected chi connectivity index (χ1v) is 8.76. The zero-order valence-electron chi connectivity index (χ0n) is 14.2. The van der Waals surface area contributed by atoms with E-state index in [1.807, 2.05) is 0 Å². The highest BCUT2D eigenvalue weighted by molar-refractivity contribution is 5.92. The number of carbonyl (C=O) groups excluding carboxylic acids is 1. The van der Waals surface area contributed by atoms with Gasteiger partial charge in [-0.3, -0.25) is 9.69 Å². The Morgan fingerprint density at radius 2 is 1.57 bits per heavy atom. The van der Waals surface area contributed by atoms with Gasteiger partial charge in [-0.05, 0) is 72.9 Å². The monoisotopic (exact) mass is 293 g/mol. The van der Waals surface area contributed by atoms with Crippen LogP contribution in [-0.2, 0) is 9.53 Å². The maximum atomic E-state index is 13.5. The summed E-state index contributed by atoms with van der Waals surface area (Å²) in [6.07, 6.45) is 7.93. The molecule has 3 aliphatic rings. The molecule has 1 saturated carbocycles. The van der Waals surface area contributed by atoms with E-state index in [9.17, 15) is 4.79 Å². The van der Waals surface area contributed by atoms with Gasteiger partial charge in [0.1, 0.15) is 0 Å². The summed E-state index contributed by atoms with van der Waals surface area (Å²) in [4.78, 5) is 16.1. The third-order valence-electron chi connectivity index (χ3n) is 5.99. The largest absolute Gasteiger partial charge is 0.369 e. The van der Waals surface area contributed by atoms with E-state index >= 15 is 0 Å². The van der Waals surface area contributed by atoms with Gasteiger partial charge >= 0.3 is 0 Å². The van der Waals surface area contributed by atoms with Crippen LogP contribution in [-0.4, -0.2) is 40.5 Å². The van der Waals surface area contributed by atoms with Crippen molar-refractivity contribution in [2.75, 3.05) is 13.1 Å². The first-order valence-electron chi connectivity index (χ1n) is 8.76. The Morgan fingerprint density at radius 3 is 2.05 bits per heavy atom. The molecule has 0 radical (unpaired) electrons. The van der Waals surface area contributed by atoms with Crippen LogP contribution in [0.3, 0.4) is 0 Å². The van der Waals surface area contributed by atoms with Gasteiger partial charge < -0.3 is 4.74 Å². The minimum atomic E-state index is -0.324. The number of nitrogens with zero attached hydrogens (tertiary/aromatic N) is 1.